The Bertz CT molecular complexity index is 1390. The topological polar surface area (TPSA) is 86.8 Å². The molecular weight excluding hydrogens is 569 g/mol. The number of rotatable bonds is 11. The van der Waals surface area contributed by atoms with Crippen molar-refractivity contribution in [1.82, 2.24) is 10.2 Å². The van der Waals surface area contributed by atoms with E-state index in [1.54, 1.807) is 56.3 Å². The van der Waals surface area contributed by atoms with Gasteiger partial charge in [0.25, 0.3) is 10.0 Å². The average Bonchev–Trinajstić information content (AvgIpc) is 2.90. The van der Waals surface area contributed by atoms with Gasteiger partial charge in [0, 0.05) is 18.1 Å². The van der Waals surface area contributed by atoms with Crippen molar-refractivity contribution >= 4 is 62.3 Å². The molecule has 1 N–H and O–H groups in total. The molecule has 0 bridgehead atoms. The van der Waals surface area contributed by atoms with E-state index in [4.69, 9.17) is 34.8 Å². The van der Waals surface area contributed by atoms with Crippen LogP contribution in [-0.4, -0.2) is 44.3 Å². The molecule has 0 aliphatic carbocycles. The first-order valence-corrected chi connectivity index (χ1v) is 14.5. The van der Waals surface area contributed by atoms with Crippen LogP contribution in [0.25, 0.3) is 0 Å². The summed E-state index contributed by atoms with van der Waals surface area (Å²) in [5.41, 5.74) is 0.776. The number of carbonyl (C=O) groups is 2. The molecule has 0 aliphatic heterocycles. The summed E-state index contributed by atoms with van der Waals surface area (Å²) in [6.07, 6.45) is 0.306. The Balaban J connectivity index is 2.08. The molecule has 2 amide bonds. The second kappa shape index (κ2) is 13.3. The Hall–Kier alpha value is -2.78. The summed E-state index contributed by atoms with van der Waals surface area (Å²) < 4.78 is 28.5. The summed E-state index contributed by atoms with van der Waals surface area (Å²) in [6, 6.07) is 18.2. The first-order chi connectivity index (χ1) is 18.1. The minimum atomic E-state index is -4.20. The number of carbonyl (C=O) groups excluding carboxylic acids is 2. The largest absolute Gasteiger partial charge is 0.355 e. The summed E-state index contributed by atoms with van der Waals surface area (Å²) in [7, 11) is -4.20. The Kier molecular flexibility index (Phi) is 10.4. The van der Waals surface area contributed by atoms with Gasteiger partial charge in [0.1, 0.15) is 12.6 Å². The fourth-order valence-electron chi connectivity index (χ4n) is 3.91. The molecule has 0 aliphatic rings. The second-order valence-electron chi connectivity index (χ2n) is 8.35. The lowest BCUT2D eigenvalue weighted by Gasteiger charge is -2.33. The van der Waals surface area contributed by atoms with Crippen LogP contribution in [0.5, 0.6) is 0 Å². The van der Waals surface area contributed by atoms with Crippen molar-refractivity contribution in [2.24, 2.45) is 0 Å². The smallest absolute Gasteiger partial charge is 0.264 e. The minimum absolute atomic E-state index is 0.00714. The van der Waals surface area contributed by atoms with E-state index in [1.165, 1.54) is 35.2 Å². The SMILES string of the molecule is CCNC(=O)C(CC)N(Cc1ccccc1Cl)C(=O)CN(c1ccc(Cl)c(Cl)c1)S(=O)(=O)c1ccccc1. The normalized spacial score (nSPS) is 12.0. The monoisotopic (exact) mass is 595 g/mol. The zero-order valence-corrected chi connectivity index (χ0v) is 24.0. The summed E-state index contributed by atoms with van der Waals surface area (Å²) in [6.45, 7) is 3.36. The van der Waals surface area contributed by atoms with E-state index < -0.39 is 28.5 Å². The fourth-order valence-corrected chi connectivity index (χ4v) is 5.83. The molecule has 0 heterocycles. The van der Waals surface area contributed by atoms with Crippen molar-refractivity contribution in [3.05, 3.63) is 93.4 Å². The Morgan fingerprint density at radius 2 is 1.53 bits per heavy atom. The average molecular weight is 597 g/mol. The van der Waals surface area contributed by atoms with Gasteiger partial charge in [-0.1, -0.05) is 78.1 Å². The Morgan fingerprint density at radius 3 is 2.13 bits per heavy atom. The van der Waals surface area contributed by atoms with Gasteiger partial charge in [0.05, 0.1) is 20.6 Å². The molecule has 1 atom stereocenters. The standard InChI is InChI=1S/C27H28Cl3N3O4S/c1-3-25(27(35)31-4-2)32(17-19-10-8-9-13-22(19)28)26(34)18-33(20-14-15-23(29)24(30)16-20)38(36,37)21-11-6-5-7-12-21/h5-16,25H,3-4,17-18H2,1-2H3,(H,31,35). The van der Waals surface area contributed by atoms with Crippen molar-refractivity contribution in [2.75, 3.05) is 17.4 Å². The number of anilines is 1. The zero-order chi connectivity index (χ0) is 27.9. The maximum Gasteiger partial charge on any atom is 0.264 e. The van der Waals surface area contributed by atoms with Gasteiger partial charge in [-0.25, -0.2) is 8.42 Å². The van der Waals surface area contributed by atoms with Gasteiger partial charge in [-0.3, -0.25) is 13.9 Å². The highest BCUT2D eigenvalue weighted by atomic mass is 35.5. The molecule has 0 fully saturated rings. The second-order valence-corrected chi connectivity index (χ2v) is 11.4. The highest BCUT2D eigenvalue weighted by Gasteiger charge is 2.34. The molecular formula is C27H28Cl3N3O4S. The summed E-state index contributed by atoms with van der Waals surface area (Å²) in [5, 5.41) is 3.55. The van der Waals surface area contributed by atoms with Crippen LogP contribution in [-0.2, 0) is 26.2 Å². The van der Waals surface area contributed by atoms with Crippen molar-refractivity contribution in [3.8, 4) is 0 Å². The summed E-state index contributed by atoms with van der Waals surface area (Å²) in [5.74, 6) is -0.934. The van der Waals surface area contributed by atoms with E-state index in [0.717, 1.165) is 4.31 Å². The predicted molar refractivity (Wildman–Crippen MR) is 152 cm³/mol. The molecule has 3 aromatic rings. The Labute approximate surface area is 238 Å². The third kappa shape index (κ3) is 6.99. The van der Waals surface area contributed by atoms with Crippen molar-refractivity contribution in [2.45, 2.75) is 37.8 Å². The number of benzene rings is 3. The molecule has 0 saturated heterocycles. The van der Waals surface area contributed by atoms with Crippen LogP contribution in [0.4, 0.5) is 5.69 Å². The van der Waals surface area contributed by atoms with Crippen molar-refractivity contribution in [3.63, 3.8) is 0 Å². The van der Waals surface area contributed by atoms with E-state index in [2.05, 4.69) is 5.32 Å². The lowest BCUT2D eigenvalue weighted by molar-refractivity contribution is -0.140. The molecule has 38 heavy (non-hydrogen) atoms. The molecule has 3 aromatic carbocycles. The maximum absolute atomic E-state index is 13.9. The number of hydrogen-bond acceptors (Lipinski definition) is 4. The molecule has 11 heteroatoms. The first-order valence-electron chi connectivity index (χ1n) is 11.9. The van der Waals surface area contributed by atoms with Gasteiger partial charge in [-0.05, 0) is 55.3 Å². The lowest BCUT2D eigenvalue weighted by atomic mass is 10.1. The molecule has 0 spiro atoms. The first kappa shape index (κ1) is 29.8. The highest BCUT2D eigenvalue weighted by molar-refractivity contribution is 7.92. The number of hydrogen-bond donors (Lipinski definition) is 1. The maximum atomic E-state index is 13.9. The number of halogens is 3. The van der Waals surface area contributed by atoms with Crippen molar-refractivity contribution < 1.29 is 18.0 Å². The van der Waals surface area contributed by atoms with Crippen LogP contribution in [0.15, 0.2) is 77.7 Å². The predicted octanol–water partition coefficient (Wildman–Crippen LogP) is 5.79. The van der Waals surface area contributed by atoms with Crippen LogP contribution in [0.2, 0.25) is 15.1 Å². The lowest BCUT2D eigenvalue weighted by Crippen LogP contribution is -2.52. The van der Waals surface area contributed by atoms with Gasteiger partial charge >= 0.3 is 0 Å². The van der Waals surface area contributed by atoms with Crippen LogP contribution in [0, 0.1) is 0 Å². The van der Waals surface area contributed by atoms with Gasteiger partial charge < -0.3 is 10.2 Å². The van der Waals surface area contributed by atoms with Crippen molar-refractivity contribution in [1.29, 1.82) is 0 Å². The zero-order valence-electron chi connectivity index (χ0n) is 20.9. The summed E-state index contributed by atoms with van der Waals surface area (Å²) in [4.78, 5) is 28.2. The number of nitrogens with one attached hydrogen (secondary N) is 1. The van der Waals surface area contributed by atoms with Gasteiger partial charge in [-0.2, -0.15) is 0 Å². The van der Waals surface area contributed by atoms with E-state index in [1.807, 2.05) is 0 Å². The quantitative estimate of drug-likeness (QED) is 0.304. The van der Waals surface area contributed by atoms with Crippen LogP contribution < -0.4 is 9.62 Å². The fraction of sp³-hybridized carbons (Fsp3) is 0.259. The van der Waals surface area contributed by atoms with Crippen LogP contribution >= 0.6 is 34.8 Å². The summed E-state index contributed by atoms with van der Waals surface area (Å²) >= 11 is 18.7. The van der Waals surface area contributed by atoms with Crippen LogP contribution in [0.3, 0.4) is 0 Å². The van der Waals surface area contributed by atoms with E-state index in [0.29, 0.717) is 23.6 Å². The molecule has 1 unspecified atom stereocenters. The van der Waals surface area contributed by atoms with E-state index in [9.17, 15) is 18.0 Å². The highest BCUT2D eigenvalue weighted by Crippen LogP contribution is 2.31. The van der Waals surface area contributed by atoms with Crippen LogP contribution in [0.1, 0.15) is 25.8 Å². The van der Waals surface area contributed by atoms with E-state index in [-0.39, 0.29) is 33.1 Å². The third-order valence-electron chi connectivity index (χ3n) is 5.84. The molecule has 0 radical (unpaired) electrons. The van der Waals surface area contributed by atoms with E-state index >= 15 is 0 Å². The van der Waals surface area contributed by atoms with Gasteiger partial charge in [0.2, 0.25) is 11.8 Å². The molecule has 0 saturated carbocycles. The molecule has 3 rings (SSSR count). The minimum Gasteiger partial charge on any atom is -0.355 e. The van der Waals surface area contributed by atoms with Gasteiger partial charge in [0.15, 0.2) is 0 Å². The number of sulfonamides is 1. The number of amides is 2. The third-order valence-corrected chi connectivity index (χ3v) is 8.73. The number of nitrogens with zero attached hydrogens (tertiary/aromatic N) is 2. The Morgan fingerprint density at radius 1 is 0.868 bits per heavy atom. The molecule has 7 nitrogen and oxygen atoms in total. The molecule has 0 aromatic heterocycles. The number of likely N-dealkylation sites (N-methyl/N-ethyl adjacent to an activating group) is 1. The molecule has 202 valence electrons. The van der Waals surface area contributed by atoms with Gasteiger partial charge in [-0.15, -0.1) is 0 Å².